The maximum absolute atomic E-state index is 5.80. The lowest BCUT2D eigenvalue weighted by Crippen LogP contribution is -1.96. The van der Waals surface area contributed by atoms with E-state index in [4.69, 9.17) is 4.74 Å². The van der Waals surface area contributed by atoms with Crippen molar-refractivity contribution >= 4 is 11.4 Å². The van der Waals surface area contributed by atoms with E-state index >= 15 is 0 Å². The Kier molecular flexibility index (Phi) is 5.17. The summed E-state index contributed by atoms with van der Waals surface area (Å²) in [5.41, 5.74) is 5.76. The van der Waals surface area contributed by atoms with E-state index in [1.807, 2.05) is 19.1 Å². The molecule has 0 aliphatic heterocycles. The summed E-state index contributed by atoms with van der Waals surface area (Å²) in [5, 5.41) is 3.48. The van der Waals surface area contributed by atoms with Crippen LogP contribution in [0.25, 0.3) is 11.1 Å². The van der Waals surface area contributed by atoms with Crippen molar-refractivity contribution in [1.82, 2.24) is 0 Å². The fourth-order valence-corrected chi connectivity index (χ4v) is 2.72. The molecule has 3 rings (SSSR count). The number of anilines is 2. The fourth-order valence-electron chi connectivity index (χ4n) is 2.72. The molecule has 2 heteroatoms. The smallest absolute Gasteiger partial charge is 0.127 e. The molecule has 0 radical (unpaired) electrons. The number of benzene rings is 3. The van der Waals surface area contributed by atoms with Gasteiger partial charge in [0.25, 0.3) is 0 Å². The number of ether oxygens (including phenoxy) is 1. The highest BCUT2D eigenvalue weighted by Gasteiger charge is 2.08. The van der Waals surface area contributed by atoms with Crippen molar-refractivity contribution in [3.8, 4) is 16.9 Å². The highest BCUT2D eigenvalue weighted by molar-refractivity contribution is 5.76. The fraction of sp³-hybridized carbons (Fsp3) is 0.182. The van der Waals surface area contributed by atoms with Crippen molar-refractivity contribution in [2.24, 2.45) is 0 Å². The van der Waals surface area contributed by atoms with Gasteiger partial charge in [-0.15, -0.1) is 0 Å². The summed E-state index contributed by atoms with van der Waals surface area (Å²) in [7, 11) is 0. The van der Waals surface area contributed by atoms with Crippen LogP contribution in [0.3, 0.4) is 0 Å². The van der Waals surface area contributed by atoms with Gasteiger partial charge in [0.15, 0.2) is 0 Å². The van der Waals surface area contributed by atoms with Crippen LogP contribution in [0.2, 0.25) is 0 Å². The van der Waals surface area contributed by atoms with Crippen LogP contribution in [-0.2, 0) is 6.42 Å². The molecule has 24 heavy (non-hydrogen) atoms. The third kappa shape index (κ3) is 3.77. The van der Waals surface area contributed by atoms with Gasteiger partial charge < -0.3 is 10.1 Å². The predicted octanol–water partition coefficient (Wildman–Crippen LogP) is 6.06. The van der Waals surface area contributed by atoms with Crippen molar-refractivity contribution in [2.75, 3.05) is 11.9 Å². The monoisotopic (exact) mass is 317 g/mol. The largest absolute Gasteiger partial charge is 0.493 e. The molecule has 0 saturated carbocycles. The Balaban J connectivity index is 1.91. The summed E-state index contributed by atoms with van der Waals surface area (Å²) in [6, 6.07) is 25.2. The van der Waals surface area contributed by atoms with Gasteiger partial charge in [0.2, 0.25) is 0 Å². The summed E-state index contributed by atoms with van der Waals surface area (Å²) < 4.78 is 5.80. The molecule has 0 heterocycles. The molecular formula is C22H23NO. The number of nitrogens with one attached hydrogen (secondary N) is 1. The van der Waals surface area contributed by atoms with E-state index in [1.165, 1.54) is 5.56 Å². The number of hydrogen-bond donors (Lipinski definition) is 1. The van der Waals surface area contributed by atoms with Gasteiger partial charge in [0.1, 0.15) is 5.75 Å². The van der Waals surface area contributed by atoms with Gasteiger partial charge in [0.05, 0.1) is 6.61 Å². The van der Waals surface area contributed by atoms with E-state index < -0.39 is 0 Å². The minimum Gasteiger partial charge on any atom is -0.493 e. The Labute approximate surface area is 144 Å². The Morgan fingerprint density at radius 2 is 1.50 bits per heavy atom. The van der Waals surface area contributed by atoms with Crippen LogP contribution in [0.4, 0.5) is 11.4 Å². The zero-order valence-corrected chi connectivity index (χ0v) is 14.3. The minimum atomic E-state index is 0.658. The molecule has 0 amide bonds. The summed E-state index contributed by atoms with van der Waals surface area (Å²) in [6.07, 6.45) is 1.06. The lowest BCUT2D eigenvalue weighted by molar-refractivity contribution is 0.341. The van der Waals surface area contributed by atoms with E-state index in [0.717, 1.165) is 34.7 Å². The van der Waals surface area contributed by atoms with Gasteiger partial charge in [-0.25, -0.2) is 0 Å². The molecule has 0 aliphatic carbocycles. The van der Waals surface area contributed by atoms with Crippen molar-refractivity contribution in [3.63, 3.8) is 0 Å². The average Bonchev–Trinajstić information content (AvgIpc) is 2.64. The van der Waals surface area contributed by atoms with Gasteiger partial charge >= 0.3 is 0 Å². The lowest BCUT2D eigenvalue weighted by Gasteiger charge is -2.14. The first-order valence-corrected chi connectivity index (χ1v) is 8.48. The summed E-state index contributed by atoms with van der Waals surface area (Å²) >= 11 is 0. The first-order valence-electron chi connectivity index (χ1n) is 8.48. The molecule has 0 bridgehead atoms. The second-order valence-electron chi connectivity index (χ2n) is 5.69. The van der Waals surface area contributed by atoms with Crippen LogP contribution >= 0.6 is 0 Å². The van der Waals surface area contributed by atoms with Crippen LogP contribution in [-0.4, -0.2) is 6.61 Å². The molecule has 122 valence electrons. The van der Waals surface area contributed by atoms with Crippen LogP contribution in [0.1, 0.15) is 19.4 Å². The molecule has 0 fully saturated rings. The topological polar surface area (TPSA) is 21.3 Å². The standard InChI is InChI=1S/C22H23NO/c1-3-17-10-12-19(13-11-17)23-20-14-15-22(24-4-2)21(16-20)18-8-6-5-7-9-18/h5-16,23H,3-4H2,1-2H3. The molecule has 0 spiro atoms. The molecule has 0 saturated heterocycles. The quantitative estimate of drug-likeness (QED) is 0.597. The molecule has 3 aromatic rings. The molecule has 0 aliphatic rings. The van der Waals surface area contributed by atoms with E-state index in [2.05, 4.69) is 72.9 Å². The summed E-state index contributed by atoms with van der Waals surface area (Å²) in [4.78, 5) is 0. The highest BCUT2D eigenvalue weighted by Crippen LogP contribution is 2.33. The van der Waals surface area contributed by atoms with Crippen molar-refractivity contribution < 1.29 is 4.74 Å². The highest BCUT2D eigenvalue weighted by atomic mass is 16.5. The van der Waals surface area contributed by atoms with Crippen molar-refractivity contribution in [1.29, 1.82) is 0 Å². The Hall–Kier alpha value is -2.74. The number of rotatable bonds is 6. The SMILES string of the molecule is CCOc1ccc(Nc2ccc(CC)cc2)cc1-c1ccccc1. The zero-order valence-electron chi connectivity index (χ0n) is 14.3. The molecular weight excluding hydrogens is 294 g/mol. The number of hydrogen-bond acceptors (Lipinski definition) is 2. The lowest BCUT2D eigenvalue weighted by atomic mass is 10.0. The van der Waals surface area contributed by atoms with Crippen LogP contribution < -0.4 is 10.1 Å². The van der Waals surface area contributed by atoms with Gasteiger partial charge in [-0.2, -0.15) is 0 Å². The molecule has 1 N–H and O–H groups in total. The molecule has 2 nitrogen and oxygen atoms in total. The Bertz CT molecular complexity index is 779. The van der Waals surface area contributed by atoms with E-state index in [1.54, 1.807) is 0 Å². The maximum atomic E-state index is 5.80. The van der Waals surface area contributed by atoms with Crippen molar-refractivity contribution in [2.45, 2.75) is 20.3 Å². The van der Waals surface area contributed by atoms with Gasteiger partial charge in [-0.3, -0.25) is 0 Å². The van der Waals surface area contributed by atoms with Crippen LogP contribution in [0, 0.1) is 0 Å². The Morgan fingerprint density at radius 3 is 2.17 bits per heavy atom. The third-order valence-electron chi connectivity index (χ3n) is 4.02. The second kappa shape index (κ2) is 7.69. The molecule has 0 aromatic heterocycles. The third-order valence-corrected chi connectivity index (χ3v) is 4.02. The minimum absolute atomic E-state index is 0.658. The molecule has 0 atom stereocenters. The normalized spacial score (nSPS) is 10.4. The average molecular weight is 317 g/mol. The second-order valence-corrected chi connectivity index (χ2v) is 5.69. The molecule has 0 unspecified atom stereocenters. The first kappa shape index (κ1) is 16.1. The van der Waals surface area contributed by atoms with E-state index in [9.17, 15) is 0 Å². The summed E-state index contributed by atoms with van der Waals surface area (Å²) in [6.45, 7) is 4.84. The van der Waals surface area contributed by atoms with Gasteiger partial charge in [0, 0.05) is 16.9 Å². The van der Waals surface area contributed by atoms with Gasteiger partial charge in [-0.05, 0) is 54.8 Å². The first-order chi connectivity index (χ1) is 11.8. The zero-order chi connectivity index (χ0) is 16.8. The van der Waals surface area contributed by atoms with Crippen LogP contribution in [0.15, 0.2) is 72.8 Å². The van der Waals surface area contributed by atoms with Gasteiger partial charge in [-0.1, -0.05) is 49.4 Å². The molecule has 3 aromatic carbocycles. The summed E-state index contributed by atoms with van der Waals surface area (Å²) in [5.74, 6) is 0.913. The maximum Gasteiger partial charge on any atom is 0.127 e. The number of aryl methyl sites for hydroxylation is 1. The van der Waals surface area contributed by atoms with E-state index in [-0.39, 0.29) is 0 Å². The predicted molar refractivity (Wildman–Crippen MR) is 102 cm³/mol. The Morgan fingerprint density at radius 1 is 0.792 bits per heavy atom. The van der Waals surface area contributed by atoms with Crippen molar-refractivity contribution in [3.05, 3.63) is 78.4 Å². The van der Waals surface area contributed by atoms with Crippen LogP contribution in [0.5, 0.6) is 5.75 Å². The van der Waals surface area contributed by atoms with E-state index in [0.29, 0.717) is 6.61 Å².